The maximum absolute atomic E-state index is 12.4. The number of carbonyl (C=O) groups is 1. The first-order chi connectivity index (χ1) is 13.1. The molecule has 1 heterocycles. The lowest BCUT2D eigenvalue weighted by Crippen LogP contribution is -2.51. The number of halogens is 1. The molecule has 0 radical (unpaired) electrons. The quantitative estimate of drug-likeness (QED) is 0.773. The summed E-state index contributed by atoms with van der Waals surface area (Å²) in [4.78, 5) is 17.0. The second-order valence-electron chi connectivity index (χ2n) is 7.86. The normalized spacial score (nSPS) is 24.5. The molecular weight excluding hydrogens is 362 g/mol. The van der Waals surface area contributed by atoms with Crippen molar-refractivity contribution in [1.82, 2.24) is 15.1 Å². The van der Waals surface area contributed by atoms with Crippen molar-refractivity contribution in [1.29, 1.82) is 0 Å². The number of hydrogen-bond acceptors (Lipinski definition) is 4. The Bertz CT molecular complexity index is 588. The SMILES string of the molecule is C[C@H]1CCCC[C@@H]1NC(=O)CN1CCN(CCOc2ccc(Cl)cc2)CC1. The van der Waals surface area contributed by atoms with E-state index < -0.39 is 0 Å². The molecule has 1 saturated carbocycles. The predicted molar refractivity (Wildman–Crippen MR) is 109 cm³/mol. The Kier molecular flexibility index (Phi) is 7.80. The maximum Gasteiger partial charge on any atom is 0.234 e. The van der Waals surface area contributed by atoms with Gasteiger partial charge in [-0.2, -0.15) is 0 Å². The van der Waals surface area contributed by atoms with E-state index in [0.717, 1.165) is 49.9 Å². The van der Waals surface area contributed by atoms with Crippen LogP contribution < -0.4 is 10.1 Å². The van der Waals surface area contributed by atoms with E-state index >= 15 is 0 Å². The van der Waals surface area contributed by atoms with E-state index in [4.69, 9.17) is 16.3 Å². The first kappa shape index (κ1) is 20.4. The molecule has 1 saturated heterocycles. The Morgan fingerprint density at radius 1 is 1.11 bits per heavy atom. The molecule has 5 nitrogen and oxygen atoms in total. The molecule has 3 rings (SSSR count). The summed E-state index contributed by atoms with van der Waals surface area (Å²) in [7, 11) is 0. The van der Waals surface area contributed by atoms with Gasteiger partial charge in [-0.3, -0.25) is 14.6 Å². The van der Waals surface area contributed by atoms with Crippen LogP contribution in [0.1, 0.15) is 32.6 Å². The van der Waals surface area contributed by atoms with E-state index in [1.165, 1.54) is 19.3 Å². The van der Waals surface area contributed by atoms with E-state index in [0.29, 0.717) is 25.1 Å². The number of hydrogen-bond donors (Lipinski definition) is 1. The summed E-state index contributed by atoms with van der Waals surface area (Å²) in [6.45, 7) is 8.20. The van der Waals surface area contributed by atoms with Gasteiger partial charge in [-0.15, -0.1) is 0 Å². The second kappa shape index (κ2) is 10.3. The summed E-state index contributed by atoms with van der Waals surface area (Å²) >= 11 is 5.88. The molecule has 1 aromatic carbocycles. The Balaban J connectivity index is 1.30. The fourth-order valence-electron chi connectivity index (χ4n) is 3.98. The number of carbonyl (C=O) groups excluding carboxylic acids is 1. The van der Waals surface area contributed by atoms with Gasteiger partial charge in [-0.05, 0) is 43.0 Å². The molecule has 2 aliphatic rings. The van der Waals surface area contributed by atoms with Gasteiger partial charge in [0.1, 0.15) is 12.4 Å². The van der Waals surface area contributed by atoms with E-state index in [-0.39, 0.29) is 5.91 Å². The van der Waals surface area contributed by atoms with Gasteiger partial charge in [0.25, 0.3) is 0 Å². The summed E-state index contributed by atoms with van der Waals surface area (Å²) in [6, 6.07) is 7.85. The summed E-state index contributed by atoms with van der Waals surface area (Å²) in [5.74, 6) is 1.65. The number of nitrogens with zero attached hydrogens (tertiary/aromatic N) is 2. The number of ether oxygens (including phenoxy) is 1. The van der Waals surface area contributed by atoms with Crippen LogP contribution in [0, 0.1) is 5.92 Å². The molecule has 2 fully saturated rings. The number of rotatable bonds is 7. The molecule has 2 atom stereocenters. The van der Waals surface area contributed by atoms with Crippen LogP contribution in [-0.4, -0.2) is 67.6 Å². The van der Waals surface area contributed by atoms with Crippen molar-refractivity contribution in [3.8, 4) is 5.75 Å². The third-order valence-electron chi connectivity index (χ3n) is 5.78. The summed E-state index contributed by atoms with van der Waals surface area (Å²) in [5, 5.41) is 3.98. The number of amides is 1. The molecule has 1 aromatic rings. The van der Waals surface area contributed by atoms with Crippen molar-refractivity contribution in [2.75, 3.05) is 45.9 Å². The molecule has 1 aliphatic heterocycles. The Morgan fingerprint density at radius 2 is 1.78 bits per heavy atom. The number of benzene rings is 1. The van der Waals surface area contributed by atoms with Crippen molar-refractivity contribution >= 4 is 17.5 Å². The molecule has 1 amide bonds. The molecule has 0 unspecified atom stereocenters. The van der Waals surface area contributed by atoms with Crippen LogP contribution in [0.5, 0.6) is 5.75 Å². The number of piperazine rings is 1. The zero-order valence-corrected chi connectivity index (χ0v) is 17.1. The lowest BCUT2D eigenvalue weighted by molar-refractivity contribution is -0.124. The van der Waals surface area contributed by atoms with Gasteiger partial charge in [-0.25, -0.2) is 0 Å². The van der Waals surface area contributed by atoms with Crippen molar-refractivity contribution in [3.05, 3.63) is 29.3 Å². The standard InChI is InChI=1S/C21H32ClN3O2/c1-17-4-2-3-5-20(17)23-21(26)16-25-12-10-24(11-13-25)14-15-27-19-8-6-18(22)7-9-19/h6-9,17,20H,2-5,10-16H2,1H3,(H,23,26)/t17-,20-/m0/s1. The minimum Gasteiger partial charge on any atom is -0.492 e. The Labute approximate surface area is 168 Å². The lowest BCUT2D eigenvalue weighted by atomic mass is 9.86. The molecule has 0 aromatic heterocycles. The highest BCUT2D eigenvalue weighted by Gasteiger charge is 2.24. The van der Waals surface area contributed by atoms with Crippen LogP contribution >= 0.6 is 11.6 Å². The third-order valence-corrected chi connectivity index (χ3v) is 6.03. The lowest BCUT2D eigenvalue weighted by Gasteiger charge is -2.35. The molecule has 150 valence electrons. The Hall–Kier alpha value is -1.30. The van der Waals surface area contributed by atoms with E-state index in [2.05, 4.69) is 22.0 Å². The van der Waals surface area contributed by atoms with E-state index in [1.807, 2.05) is 24.3 Å². The molecule has 1 aliphatic carbocycles. The van der Waals surface area contributed by atoms with Crippen molar-refractivity contribution in [3.63, 3.8) is 0 Å². The highest BCUT2D eigenvalue weighted by molar-refractivity contribution is 6.30. The molecular formula is C21H32ClN3O2. The molecule has 27 heavy (non-hydrogen) atoms. The summed E-state index contributed by atoms with van der Waals surface area (Å²) < 4.78 is 5.77. The summed E-state index contributed by atoms with van der Waals surface area (Å²) in [5.41, 5.74) is 0. The van der Waals surface area contributed by atoms with Crippen molar-refractivity contribution in [2.45, 2.75) is 38.6 Å². The highest BCUT2D eigenvalue weighted by Crippen LogP contribution is 2.23. The minimum absolute atomic E-state index is 0.188. The van der Waals surface area contributed by atoms with Gasteiger partial charge in [0.15, 0.2) is 0 Å². The van der Waals surface area contributed by atoms with Crippen LogP contribution in [0.15, 0.2) is 24.3 Å². The maximum atomic E-state index is 12.4. The largest absolute Gasteiger partial charge is 0.492 e. The first-order valence-electron chi connectivity index (χ1n) is 10.2. The van der Waals surface area contributed by atoms with E-state index in [1.54, 1.807) is 0 Å². The van der Waals surface area contributed by atoms with Crippen LogP contribution in [0.25, 0.3) is 0 Å². The Morgan fingerprint density at radius 3 is 2.48 bits per heavy atom. The second-order valence-corrected chi connectivity index (χ2v) is 8.29. The third kappa shape index (κ3) is 6.66. The fraction of sp³-hybridized carbons (Fsp3) is 0.667. The zero-order chi connectivity index (χ0) is 19.1. The van der Waals surface area contributed by atoms with Gasteiger partial charge in [0, 0.05) is 43.8 Å². The predicted octanol–water partition coefficient (Wildman–Crippen LogP) is 3.03. The molecule has 6 heteroatoms. The first-order valence-corrected chi connectivity index (χ1v) is 10.6. The summed E-state index contributed by atoms with van der Waals surface area (Å²) in [6.07, 6.45) is 4.92. The van der Waals surface area contributed by atoms with Crippen LogP contribution in [0.4, 0.5) is 0 Å². The topological polar surface area (TPSA) is 44.8 Å². The van der Waals surface area contributed by atoms with E-state index in [9.17, 15) is 4.79 Å². The monoisotopic (exact) mass is 393 g/mol. The van der Waals surface area contributed by atoms with Gasteiger partial charge in [-0.1, -0.05) is 31.4 Å². The minimum atomic E-state index is 0.188. The highest BCUT2D eigenvalue weighted by atomic mass is 35.5. The van der Waals surface area contributed by atoms with Gasteiger partial charge < -0.3 is 10.1 Å². The number of nitrogens with one attached hydrogen (secondary N) is 1. The van der Waals surface area contributed by atoms with Gasteiger partial charge >= 0.3 is 0 Å². The average molecular weight is 394 g/mol. The van der Waals surface area contributed by atoms with Crippen molar-refractivity contribution < 1.29 is 9.53 Å². The smallest absolute Gasteiger partial charge is 0.234 e. The van der Waals surface area contributed by atoms with Crippen LogP contribution in [-0.2, 0) is 4.79 Å². The van der Waals surface area contributed by atoms with Crippen LogP contribution in [0.2, 0.25) is 5.02 Å². The van der Waals surface area contributed by atoms with Gasteiger partial charge in [0.05, 0.1) is 6.54 Å². The van der Waals surface area contributed by atoms with Gasteiger partial charge in [0.2, 0.25) is 5.91 Å². The average Bonchev–Trinajstić information content (AvgIpc) is 2.67. The zero-order valence-electron chi connectivity index (χ0n) is 16.3. The molecule has 0 bridgehead atoms. The molecule has 0 spiro atoms. The molecule has 1 N–H and O–H groups in total. The van der Waals surface area contributed by atoms with Crippen molar-refractivity contribution in [2.24, 2.45) is 5.92 Å². The fourth-order valence-corrected chi connectivity index (χ4v) is 4.11. The van der Waals surface area contributed by atoms with Crippen LogP contribution in [0.3, 0.4) is 0 Å².